The Hall–Kier alpha value is -3.24. The summed E-state index contributed by atoms with van der Waals surface area (Å²) in [5.74, 6) is -1.31. The zero-order chi connectivity index (χ0) is 20.8. The Morgan fingerprint density at radius 2 is 1.14 bits per heavy atom. The number of nitro benzene ring substituents is 2. The third kappa shape index (κ3) is 5.15. The van der Waals surface area contributed by atoms with Crippen LogP contribution in [0, 0.1) is 20.2 Å². The summed E-state index contributed by atoms with van der Waals surface area (Å²) in [6.45, 7) is -0.0354. The van der Waals surface area contributed by atoms with Crippen LogP contribution >= 0.6 is 23.2 Å². The van der Waals surface area contributed by atoms with Gasteiger partial charge in [0.05, 0.1) is 31.0 Å². The Labute approximate surface area is 167 Å². The quantitative estimate of drug-likeness (QED) is 0.395. The van der Waals surface area contributed by atoms with E-state index in [0.717, 1.165) is 12.1 Å². The molecule has 2 rings (SSSR count). The number of nitrogens with zero attached hydrogens (tertiary/aromatic N) is 2. The lowest BCUT2D eigenvalue weighted by molar-refractivity contribution is -0.385. The molecule has 0 fully saturated rings. The van der Waals surface area contributed by atoms with Crippen LogP contribution in [-0.4, -0.2) is 34.8 Å². The van der Waals surface area contributed by atoms with Crippen molar-refractivity contribution >= 4 is 46.4 Å². The molecule has 12 heteroatoms. The number of carbonyl (C=O) groups is 2. The highest BCUT2D eigenvalue weighted by molar-refractivity contribution is 6.34. The summed E-state index contributed by atoms with van der Waals surface area (Å²) in [7, 11) is 0. The van der Waals surface area contributed by atoms with Gasteiger partial charge in [0.2, 0.25) is 0 Å². The zero-order valence-corrected chi connectivity index (χ0v) is 15.5. The molecule has 2 aromatic carbocycles. The normalized spacial score (nSPS) is 10.2. The van der Waals surface area contributed by atoms with Crippen molar-refractivity contribution in [2.75, 3.05) is 13.1 Å². The Kier molecular flexibility index (Phi) is 6.85. The molecule has 0 saturated heterocycles. The van der Waals surface area contributed by atoms with Crippen molar-refractivity contribution in [3.05, 3.63) is 77.8 Å². The van der Waals surface area contributed by atoms with Gasteiger partial charge in [-0.25, -0.2) is 0 Å². The minimum atomic E-state index is -0.657. The van der Waals surface area contributed by atoms with Crippen molar-refractivity contribution in [2.24, 2.45) is 0 Å². The summed E-state index contributed by atoms with van der Waals surface area (Å²) in [5.41, 5.74) is -0.737. The van der Waals surface area contributed by atoms with Gasteiger partial charge in [0.1, 0.15) is 0 Å². The monoisotopic (exact) mass is 426 g/mol. The van der Waals surface area contributed by atoms with E-state index in [-0.39, 0.29) is 45.6 Å². The number of non-ortho nitro benzene ring substituents is 2. The number of nitrogens with one attached hydrogen (secondary N) is 2. The first kappa shape index (κ1) is 21.1. The van der Waals surface area contributed by atoms with E-state index in [2.05, 4.69) is 10.6 Å². The fourth-order valence-corrected chi connectivity index (χ4v) is 2.55. The fraction of sp³-hybridized carbons (Fsp3) is 0.125. The molecule has 146 valence electrons. The van der Waals surface area contributed by atoms with Gasteiger partial charge in [-0.1, -0.05) is 23.2 Å². The number of rotatable bonds is 7. The van der Waals surface area contributed by atoms with Crippen LogP contribution in [0.15, 0.2) is 36.4 Å². The molecule has 0 unspecified atom stereocenters. The SMILES string of the molecule is O=C(NCCNC(=O)c1cc([N+](=O)[O-])ccc1Cl)c1cc([N+](=O)[O-])ccc1Cl. The van der Waals surface area contributed by atoms with Gasteiger partial charge in [0.15, 0.2) is 0 Å². The molecule has 0 aliphatic rings. The minimum absolute atomic E-state index is 0.0177. The maximum absolute atomic E-state index is 12.1. The smallest absolute Gasteiger partial charge is 0.270 e. The second-order valence-electron chi connectivity index (χ2n) is 5.35. The maximum atomic E-state index is 12.1. The molecule has 0 aliphatic heterocycles. The average molecular weight is 427 g/mol. The molecule has 0 bridgehead atoms. The number of nitro groups is 2. The van der Waals surface area contributed by atoms with E-state index in [9.17, 15) is 29.8 Å². The van der Waals surface area contributed by atoms with E-state index in [1.807, 2.05) is 0 Å². The molecule has 0 radical (unpaired) electrons. The second kappa shape index (κ2) is 9.11. The summed E-state index contributed by atoms with van der Waals surface area (Å²) >= 11 is 11.7. The number of hydrogen-bond acceptors (Lipinski definition) is 6. The Bertz CT molecular complexity index is 889. The van der Waals surface area contributed by atoms with Gasteiger partial charge in [0.25, 0.3) is 23.2 Å². The predicted octanol–water partition coefficient (Wildman–Crippen LogP) is 2.97. The fourth-order valence-electron chi connectivity index (χ4n) is 2.14. The molecule has 0 atom stereocenters. The van der Waals surface area contributed by atoms with Gasteiger partial charge in [-0.3, -0.25) is 29.8 Å². The number of hydrogen-bond donors (Lipinski definition) is 2. The zero-order valence-electron chi connectivity index (χ0n) is 14.0. The highest BCUT2D eigenvalue weighted by Crippen LogP contribution is 2.22. The van der Waals surface area contributed by atoms with Gasteiger partial charge in [-0.15, -0.1) is 0 Å². The Balaban J connectivity index is 1.94. The van der Waals surface area contributed by atoms with Crippen LogP contribution in [0.25, 0.3) is 0 Å². The molecule has 0 spiro atoms. The maximum Gasteiger partial charge on any atom is 0.270 e. The molecule has 10 nitrogen and oxygen atoms in total. The van der Waals surface area contributed by atoms with E-state index < -0.39 is 21.7 Å². The van der Waals surface area contributed by atoms with Crippen molar-refractivity contribution in [3.63, 3.8) is 0 Å². The molecule has 2 N–H and O–H groups in total. The minimum Gasteiger partial charge on any atom is -0.350 e. The topological polar surface area (TPSA) is 144 Å². The summed E-state index contributed by atoms with van der Waals surface area (Å²) in [4.78, 5) is 44.5. The lowest BCUT2D eigenvalue weighted by Gasteiger charge is -2.09. The number of carbonyl (C=O) groups excluding carboxylic acids is 2. The van der Waals surface area contributed by atoms with Crippen LogP contribution in [0.1, 0.15) is 20.7 Å². The first-order chi connectivity index (χ1) is 13.2. The lowest BCUT2D eigenvalue weighted by atomic mass is 10.2. The average Bonchev–Trinajstić information content (AvgIpc) is 2.65. The molecule has 0 saturated carbocycles. The first-order valence-electron chi connectivity index (χ1n) is 7.65. The molecular weight excluding hydrogens is 415 g/mol. The lowest BCUT2D eigenvalue weighted by Crippen LogP contribution is -2.35. The number of benzene rings is 2. The van der Waals surface area contributed by atoms with Gasteiger partial charge in [-0.05, 0) is 12.1 Å². The highest BCUT2D eigenvalue weighted by Gasteiger charge is 2.17. The van der Waals surface area contributed by atoms with E-state index in [1.54, 1.807) is 0 Å². The van der Waals surface area contributed by atoms with Crippen LogP contribution in [0.4, 0.5) is 11.4 Å². The first-order valence-corrected chi connectivity index (χ1v) is 8.40. The summed E-state index contributed by atoms with van der Waals surface area (Å²) < 4.78 is 0. The van der Waals surface area contributed by atoms with E-state index in [4.69, 9.17) is 23.2 Å². The third-order valence-corrected chi connectivity index (χ3v) is 4.17. The summed E-state index contributed by atoms with van der Waals surface area (Å²) in [5, 5.41) is 26.5. The van der Waals surface area contributed by atoms with Crippen molar-refractivity contribution in [3.8, 4) is 0 Å². The standard InChI is InChI=1S/C16H12Cl2N4O6/c17-13-3-1-9(21(25)26)7-11(13)15(23)19-5-6-20-16(24)12-8-10(22(27)28)2-4-14(12)18/h1-4,7-8H,5-6H2,(H,19,23)(H,20,24). The van der Waals surface area contributed by atoms with Crippen LogP contribution in [-0.2, 0) is 0 Å². The molecule has 2 amide bonds. The molecule has 2 aromatic rings. The van der Waals surface area contributed by atoms with Crippen LogP contribution in [0.2, 0.25) is 10.0 Å². The van der Waals surface area contributed by atoms with Gasteiger partial charge >= 0.3 is 0 Å². The van der Waals surface area contributed by atoms with Crippen molar-refractivity contribution in [2.45, 2.75) is 0 Å². The van der Waals surface area contributed by atoms with Gasteiger partial charge < -0.3 is 10.6 Å². The predicted molar refractivity (Wildman–Crippen MR) is 101 cm³/mol. The van der Waals surface area contributed by atoms with Crippen molar-refractivity contribution in [1.29, 1.82) is 0 Å². The van der Waals surface area contributed by atoms with Crippen LogP contribution < -0.4 is 10.6 Å². The molecular formula is C16H12Cl2N4O6. The Morgan fingerprint density at radius 3 is 1.46 bits per heavy atom. The van der Waals surface area contributed by atoms with Gasteiger partial charge in [0, 0.05) is 37.4 Å². The van der Waals surface area contributed by atoms with E-state index in [0.29, 0.717) is 0 Å². The highest BCUT2D eigenvalue weighted by atomic mass is 35.5. The largest absolute Gasteiger partial charge is 0.350 e. The molecule has 28 heavy (non-hydrogen) atoms. The Morgan fingerprint density at radius 1 is 0.786 bits per heavy atom. The number of amides is 2. The van der Waals surface area contributed by atoms with Crippen molar-refractivity contribution < 1.29 is 19.4 Å². The second-order valence-corrected chi connectivity index (χ2v) is 6.17. The third-order valence-electron chi connectivity index (χ3n) is 3.51. The summed E-state index contributed by atoms with van der Waals surface area (Å²) in [6, 6.07) is 6.89. The molecule has 0 heterocycles. The van der Waals surface area contributed by atoms with E-state index in [1.165, 1.54) is 24.3 Å². The molecule has 0 aromatic heterocycles. The van der Waals surface area contributed by atoms with Crippen LogP contribution in [0.3, 0.4) is 0 Å². The van der Waals surface area contributed by atoms with E-state index >= 15 is 0 Å². The number of halogens is 2. The summed E-state index contributed by atoms with van der Waals surface area (Å²) in [6.07, 6.45) is 0. The molecule has 0 aliphatic carbocycles. The van der Waals surface area contributed by atoms with Crippen LogP contribution in [0.5, 0.6) is 0 Å². The van der Waals surface area contributed by atoms with Crippen molar-refractivity contribution in [1.82, 2.24) is 10.6 Å². The van der Waals surface area contributed by atoms with Gasteiger partial charge in [-0.2, -0.15) is 0 Å².